The number of allylic oxidation sites excluding steroid dienone is 3. The number of phenolic OH excluding ortho intramolecular Hbond substituents is 2. The first-order valence-corrected chi connectivity index (χ1v) is 10.9. The van der Waals surface area contributed by atoms with Crippen molar-refractivity contribution in [1.82, 2.24) is 24.6 Å². The molecular formula is C23H31N5O3. The molecule has 2 aliphatic rings. The second-order valence-corrected chi connectivity index (χ2v) is 8.49. The second-order valence-electron chi connectivity index (χ2n) is 8.49. The minimum atomic E-state index is -0.198. The number of hydrogen-bond donors (Lipinski definition) is 3. The molecule has 3 N–H and O–H groups in total. The fourth-order valence-corrected chi connectivity index (χ4v) is 4.35. The van der Waals surface area contributed by atoms with Crippen LogP contribution in [0.25, 0.3) is 11.4 Å². The highest BCUT2D eigenvalue weighted by Gasteiger charge is 2.25. The molecule has 0 bridgehead atoms. The van der Waals surface area contributed by atoms with Crippen molar-refractivity contribution in [2.75, 3.05) is 32.7 Å². The molecule has 8 nitrogen and oxygen atoms in total. The first-order valence-electron chi connectivity index (χ1n) is 10.9. The molecule has 2 heterocycles. The van der Waals surface area contributed by atoms with Crippen LogP contribution in [0.1, 0.15) is 44.7 Å². The highest BCUT2D eigenvalue weighted by Crippen LogP contribution is 2.40. The van der Waals surface area contributed by atoms with Gasteiger partial charge in [0.15, 0.2) is 5.82 Å². The van der Waals surface area contributed by atoms with Crippen LogP contribution in [-0.4, -0.2) is 72.6 Å². The average molecular weight is 426 g/mol. The Morgan fingerprint density at radius 1 is 1.03 bits per heavy atom. The molecule has 1 aromatic carbocycles. The number of hydrogen-bond acceptors (Lipinski definition) is 7. The normalized spacial score (nSPS) is 19.8. The third-order valence-corrected chi connectivity index (χ3v) is 6.26. The molecule has 8 heteroatoms. The molecule has 1 aliphatic carbocycles. The number of benzene rings is 1. The topological polar surface area (TPSA) is 97.9 Å². The SMILES string of the molecule is CCN1CCN(C2=CCC(n3c(O)nnc3-c3cc(C(C)C)c(O)cc3O)C=C2)CC1. The summed E-state index contributed by atoms with van der Waals surface area (Å²) in [4.78, 5) is 4.84. The van der Waals surface area contributed by atoms with Crippen molar-refractivity contribution >= 4 is 0 Å². The molecule has 1 fully saturated rings. The summed E-state index contributed by atoms with van der Waals surface area (Å²) in [5.74, 6) is 0.387. The molecule has 1 unspecified atom stereocenters. The van der Waals surface area contributed by atoms with E-state index >= 15 is 0 Å². The van der Waals surface area contributed by atoms with Crippen molar-refractivity contribution in [2.24, 2.45) is 0 Å². The van der Waals surface area contributed by atoms with Crippen LogP contribution < -0.4 is 0 Å². The monoisotopic (exact) mass is 425 g/mol. The Balaban J connectivity index is 1.58. The summed E-state index contributed by atoms with van der Waals surface area (Å²) < 4.78 is 1.63. The summed E-state index contributed by atoms with van der Waals surface area (Å²) in [5.41, 5.74) is 2.35. The van der Waals surface area contributed by atoms with Crippen molar-refractivity contribution in [3.63, 3.8) is 0 Å². The number of rotatable bonds is 5. The lowest BCUT2D eigenvalue weighted by atomic mass is 9.98. The van der Waals surface area contributed by atoms with E-state index in [1.54, 1.807) is 10.6 Å². The predicted molar refractivity (Wildman–Crippen MR) is 119 cm³/mol. The third-order valence-electron chi connectivity index (χ3n) is 6.26. The Labute approximate surface area is 182 Å². The zero-order valence-corrected chi connectivity index (χ0v) is 18.4. The summed E-state index contributed by atoms with van der Waals surface area (Å²) in [5, 5.41) is 39.1. The van der Waals surface area contributed by atoms with Crippen LogP contribution in [0, 0.1) is 0 Å². The summed E-state index contributed by atoms with van der Waals surface area (Å²) in [6.07, 6.45) is 7.02. The van der Waals surface area contributed by atoms with Gasteiger partial charge in [-0.25, -0.2) is 0 Å². The standard InChI is InChI=1S/C23H31N5O3/c1-4-26-9-11-27(12-10-26)16-5-7-17(8-6-16)28-22(24-25-23(28)31)19-13-18(15(2)3)20(29)14-21(19)30/h5-7,13-15,17,29-30H,4,8-12H2,1-3H3,(H,25,31). The maximum Gasteiger partial charge on any atom is 0.315 e. The molecule has 4 rings (SSSR count). The van der Waals surface area contributed by atoms with Gasteiger partial charge in [0, 0.05) is 37.9 Å². The van der Waals surface area contributed by atoms with Gasteiger partial charge < -0.3 is 25.1 Å². The van der Waals surface area contributed by atoms with Gasteiger partial charge in [0.2, 0.25) is 0 Å². The Bertz CT molecular complexity index is 1000. The van der Waals surface area contributed by atoms with Crippen molar-refractivity contribution in [1.29, 1.82) is 0 Å². The van der Waals surface area contributed by atoms with Crippen LogP contribution in [0.2, 0.25) is 0 Å². The lowest BCUT2D eigenvalue weighted by molar-refractivity contribution is 0.167. The first kappa shape index (κ1) is 21.2. The van der Waals surface area contributed by atoms with E-state index in [-0.39, 0.29) is 29.5 Å². The van der Waals surface area contributed by atoms with Gasteiger partial charge in [-0.05, 0) is 36.6 Å². The summed E-state index contributed by atoms with van der Waals surface area (Å²) in [6, 6.07) is 2.68. The number of aromatic hydroxyl groups is 3. The number of nitrogens with zero attached hydrogens (tertiary/aromatic N) is 5. The van der Waals surface area contributed by atoms with E-state index in [1.807, 2.05) is 13.8 Å². The van der Waals surface area contributed by atoms with Crippen LogP contribution in [0.4, 0.5) is 0 Å². The lowest BCUT2D eigenvalue weighted by Gasteiger charge is -2.37. The number of aromatic nitrogens is 3. The maximum atomic E-state index is 10.5. The molecule has 31 heavy (non-hydrogen) atoms. The fourth-order valence-electron chi connectivity index (χ4n) is 4.35. The molecular weight excluding hydrogens is 394 g/mol. The van der Waals surface area contributed by atoms with Gasteiger partial charge in [-0.15, -0.1) is 5.10 Å². The van der Waals surface area contributed by atoms with Crippen LogP contribution in [0.5, 0.6) is 17.5 Å². The number of likely N-dealkylation sites (N-methyl/N-ethyl adjacent to an activating group) is 1. The fraction of sp³-hybridized carbons (Fsp3) is 0.478. The number of phenols is 2. The summed E-state index contributed by atoms with van der Waals surface area (Å²) >= 11 is 0. The van der Waals surface area contributed by atoms with E-state index in [1.165, 1.54) is 11.8 Å². The number of piperazine rings is 1. The van der Waals surface area contributed by atoms with Crippen molar-refractivity contribution < 1.29 is 15.3 Å². The van der Waals surface area contributed by atoms with Gasteiger partial charge in [-0.1, -0.05) is 38.0 Å². The molecule has 166 valence electrons. The highest BCUT2D eigenvalue weighted by molar-refractivity contribution is 5.68. The van der Waals surface area contributed by atoms with Gasteiger partial charge in [0.25, 0.3) is 0 Å². The molecule has 1 saturated heterocycles. The largest absolute Gasteiger partial charge is 0.508 e. The Kier molecular flexibility index (Phi) is 5.91. The van der Waals surface area contributed by atoms with E-state index in [2.05, 4.69) is 45.1 Å². The van der Waals surface area contributed by atoms with Crippen molar-refractivity contribution in [3.8, 4) is 28.9 Å². The Morgan fingerprint density at radius 2 is 1.77 bits per heavy atom. The minimum Gasteiger partial charge on any atom is -0.508 e. The van der Waals surface area contributed by atoms with Gasteiger partial charge in [0.05, 0.1) is 11.6 Å². The van der Waals surface area contributed by atoms with Crippen molar-refractivity contribution in [2.45, 2.75) is 39.2 Å². The van der Waals surface area contributed by atoms with Gasteiger partial charge in [-0.3, -0.25) is 4.57 Å². The Morgan fingerprint density at radius 3 is 2.39 bits per heavy atom. The molecule has 2 aromatic rings. The zero-order chi connectivity index (χ0) is 22.1. The summed E-state index contributed by atoms with van der Waals surface area (Å²) in [6.45, 7) is 11.4. The smallest absolute Gasteiger partial charge is 0.315 e. The van der Waals surface area contributed by atoms with Crippen LogP contribution in [-0.2, 0) is 0 Å². The van der Waals surface area contributed by atoms with Crippen LogP contribution >= 0.6 is 0 Å². The van der Waals surface area contributed by atoms with E-state index in [0.29, 0.717) is 23.4 Å². The van der Waals surface area contributed by atoms with Gasteiger partial charge >= 0.3 is 6.01 Å². The second kappa shape index (κ2) is 8.63. The minimum absolute atomic E-state index is 0.0415. The molecule has 0 amide bonds. The van der Waals surface area contributed by atoms with E-state index in [4.69, 9.17) is 0 Å². The maximum absolute atomic E-state index is 10.5. The van der Waals surface area contributed by atoms with Crippen LogP contribution in [0.15, 0.2) is 36.1 Å². The average Bonchev–Trinajstić information content (AvgIpc) is 3.15. The van der Waals surface area contributed by atoms with E-state index in [0.717, 1.165) is 32.7 Å². The Hall–Kier alpha value is -3.00. The molecule has 1 aliphatic heterocycles. The quantitative estimate of drug-likeness (QED) is 0.677. The molecule has 0 radical (unpaired) electrons. The first-order chi connectivity index (χ1) is 14.9. The lowest BCUT2D eigenvalue weighted by Crippen LogP contribution is -2.45. The highest BCUT2D eigenvalue weighted by atomic mass is 16.3. The summed E-state index contributed by atoms with van der Waals surface area (Å²) in [7, 11) is 0. The van der Waals surface area contributed by atoms with E-state index < -0.39 is 0 Å². The van der Waals surface area contributed by atoms with E-state index in [9.17, 15) is 15.3 Å². The molecule has 1 atom stereocenters. The van der Waals surface area contributed by atoms with Crippen LogP contribution in [0.3, 0.4) is 0 Å². The molecule has 0 spiro atoms. The molecule has 1 aromatic heterocycles. The van der Waals surface area contributed by atoms with Gasteiger partial charge in [-0.2, -0.15) is 0 Å². The van der Waals surface area contributed by atoms with Crippen molar-refractivity contribution in [3.05, 3.63) is 41.6 Å². The van der Waals surface area contributed by atoms with Gasteiger partial charge in [0.1, 0.15) is 11.5 Å². The third kappa shape index (κ3) is 4.12. The predicted octanol–water partition coefficient (Wildman–Crippen LogP) is 3.21. The molecule has 0 saturated carbocycles. The zero-order valence-electron chi connectivity index (χ0n) is 18.4.